The highest BCUT2D eigenvalue weighted by atomic mass is 16.5. The van der Waals surface area contributed by atoms with Gasteiger partial charge in [-0.3, -0.25) is 14.4 Å². The number of hydrogen-bond donors (Lipinski definition) is 0. The molecule has 2 saturated heterocycles. The van der Waals surface area contributed by atoms with Gasteiger partial charge in [-0.25, -0.2) is 0 Å². The van der Waals surface area contributed by atoms with E-state index in [0.717, 1.165) is 19.4 Å². The molecule has 184 valence electrons. The molecule has 2 amide bonds. The topological polar surface area (TPSA) is 89.7 Å². The second-order valence-electron chi connectivity index (χ2n) is 9.59. The summed E-state index contributed by atoms with van der Waals surface area (Å²) in [6.45, 7) is 6.97. The Morgan fingerprint density at radius 1 is 1.06 bits per heavy atom. The third-order valence-corrected chi connectivity index (χ3v) is 6.76. The highest BCUT2D eigenvalue weighted by Gasteiger charge is 2.31. The lowest BCUT2D eigenvalue weighted by atomic mass is 10.1. The van der Waals surface area contributed by atoms with E-state index in [2.05, 4.69) is 5.10 Å². The lowest BCUT2D eigenvalue weighted by Gasteiger charge is -2.35. The molecule has 9 nitrogen and oxygen atoms in total. The van der Waals surface area contributed by atoms with Crippen molar-refractivity contribution in [3.63, 3.8) is 0 Å². The van der Waals surface area contributed by atoms with E-state index in [1.54, 1.807) is 17.3 Å². The molecule has 0 bridgehead atoms. The first-order chi connectivity index (χ1) is 16.9. The van der Waals surface area contributed by atoms with Crippen LogP contribution < -0.4 is 5.56 Å². The fourth-order valence-corrected chi connectivity index (χ4v) is 4.86. The number of piperazine rings is 1. The van der Waals surface area contributed by atoms with Crippen molar-refractivity contribution in [2.24, 2.45) is 5.92 Å². The van der Waals surface area contributed by atoms with Crippen LogP contribution in [0.2, 0.25) is 0 Å². The predicted octanol–water partition coefficient (Wildman–Crippen LogP) is 2.26. The van der Waals surface area contributed by atoms with Crippen LogP contribution in [0, 0.1) is 5.92 Å². The first-order valence-corrected chi connectivity index (χ1v) is 12.3. The van der Waals surface area contributed by atoms with Crippen molar-refractivity contribution >= 4 is 11.8 Å². The highest BCUT2D eigenvalue weighted by Crippen LogP contribution is 2.25. The van der Waals surface area contributed by atoms with E-state index < -0.39 is 0 Å². The van der Waals surface area contributed by atoms with Crippen LogP contribution in [-0.2, 0) is 16.1 Å². The molecule has 0 saturated carbocycles. The zero-order valence-electron chi connectivity index (χ0n) is 20.2. The van der Waals surface area contributed by atoms with Crippen LogP contribution in [-0.4, -0.2) is 74.9 Å². The number of hydrogen-bond acceptors (Lipinski definition) is 5. The van der Waals surface area contributed by atoms with E-state index in [9.17, 15) is 14.4 Å². The zero-order chi connectivity index (χ0) is 24.5. The lowest BCUT2D eigenvalue weighted by Crippen LogP contribution is -2.51. The number of nitrogens with zero attached hydrogens (tertiary/aromatic N) is 5. The first kappa shape index (κ1) is 23.3. The van der Waals surface area contributed by atoms with Gasteiger partial charge in [-0.1, -0.05) is 32.0 Å². The van der Waals surface area contributed by atoms with Crippen molar-refractivity contribution in [1.29, 1.82) is 0 Å². The summed E-state index contributed by atoms with van der Waals surface area (Å²) in [4.78, 5) is 43.0. The van der Waals surface area contributed by atoms with E-state index in [0.29, 0.717) is 55.2 Å². The molecule has 0 radical (unpaired) electrons. The van der Waals surface area contributed by atoms with Gasteiger partial charge in [-0.2, -0.15) is 9.78 Å². The Morgan fingerprint density at radius 3 is 2.43 bits per heavy atom. The van der Waals surface area contributed by atoms with Gasteiger partial charge in [0.2, 0.25) is 5.91 Å². The van der Waals surface area contributed by atoms with Crippen LogP contribution in [0.1, 0.15) is 37.0 Å². The summed E-state index contributed by atoms with van der Waals surface area (Å²) in [7, 11) is 0. The molecule has 35 heavy (non-hydrogen) atoms. The summed E-state index contributed by atoms with van der Waals surface area (Å²) < 4.78 is 9.04. The lowest BCUT2D eigenvalue weighted by molar-refractivity contribution is -0.135. The van der Waals surface area contributed by atoms with Gasteiger partial charge in [0.15, 0.2) is 0 Å². The minimum Gasteiger partial charge on any atom is -0.376 e. The van der Waals surface area contributed by atoms with E-state index >= 15 is 0 Å². The normalized spacial score (nSPS) is 18.5. The average Bonchev–Trinajstić information content (AvgIpc) is 3.51. The summed E-state index contributed by atoms with van der Waals surface area (Å²) in [6.07, 6.45) is 5.59. The smallest absolute Gasteiger partial charge is 0.282 e. The molecule has 4 aliphatic rings. The number of fused-ring (bicyclic) bond motifs is 1. The molecule has 0 N–H and O–H groups in total. The summed E-state index contributed by atoms with van der Waals surface area (Å²) in [5.74, 6) is -0.141. The predicted molar refractivity (Wildman–Crippen MR) is 131 cm³/mol. The molecular weight excluding hydrogens is 446 g/mol. The van der Waals surface area contributed by atoms with Crippen LogP contribution in [0.15, 0.2) is 47.5 Å². The molecule has 0 unspecified atom stereocenters. The number of aromatic nitrogens is 3. The van der Waals surface area contributed by atoms with E-state index in [1.165, 1.54) is 4.68 Å². The second kappa shape index (κ2) is 9.65. The fraction of sp³-hybridized carbons (Fsp3) is 0.462. The minimum atomic E-state index is -0.255. The number of pyridine rings is 1. The standard InChI is InChI=1S/C26H31N5O4/c1-18(2)24(32)29-10-12-30(13-11-29)25(33)21-16-28(15-20-9-6-14-35-20)17-22-23(21)27-31(26(22)34)19-7-4-3-5-8-19/h3-5,7-8,16-18,20H,6,9-15H2,1-2H3/t20-/m0/s1. The van der Waals surface area contributed by atoms with Crippen LogP contribution in [0.25, 0.3) is 16.9 Å². The number of benzene rings is 1. The monoisotopic (exact) mass is 477 g/mol. The number of para-hydroxylation sites is 1. The van der Waals surface area contributed by atoms with Gasteiger partial charge in [0.25, 0.3) is 11.5 Å². The van der Waals surface area contributed by atoms with Crippen LogP contribution >= 0.6 is 0 Å². The Balaban J connectivity index is 1.49. The van der Waals surface area contributed by atoms with E-state index in [1.807, 2.05) is 53.6 Å². The van der Waals surface area contributed by atoms with Crippen LogP contribution in [0.4, 0.5) is 0 Å². The number of carbonyl (C=O) groups excluding carboxylic acids is 2. The maximum absolute atomic E-state index is 13.7. The van der Waals surface area contributed by atoms with Gasteiger partial charge < -0.3 is 19.1 Å². The summed E-state index contributed by atoms with van der Waals surface area (Å²) in [6, 6.07) is 9.22. The summed E-state index contributed by atoms with van der Waals surface area (Å²) in [5.41, 5.74) is 1.60. The Morgan fingerprint density at radius 2 is 1.77 bits per heavy atom. The third kappa shape index (κ3) is 4.60. The molecule has 1 atom stereocenters. The highest BCUT2D eigenvalue weighted by molar-refractivity contribution is 6.00. The molecule has 0 aromatic heterocycles. The molecular formula is C26H31N5O4. The largest absolute Gasteiger partial charge is 0.376 e. The Bertz CT molecular complexity index is 1230. The molecule has 1 aromatic carbocycles. The van der Waals surface area contributed by atoms with Gasteiger partial charge in [0.05, 0.1) is 22.9 Å². The third-order valence-electron chi connectivity index (χ3n) is 6.76. The maximum Gasteiger partial charge on any atom is 0.282 e. The van der Waals surface area contributed by atoms with Gasteiger partial charge >= 0.3 is 0 Å². The summed E-state index contributed by atoms with van der Waals surface area (Å²) >= 11 is 0. The maximum atomic E-state index is 13.7. The van der Waals surface area contributed by atoms with Gasteiger partial charge in [-0.05, 0) is 25.0 Å². The van der Waals surface area contributed by atoms with Crippen molar-refractivity contribution < 1.29 is 14.3 Å². The summed E-state index contributed by atoms with van der Waals surface area (Å²) in [5, 5.41) is 4.59. The molecule has 4 heterocycles. The van der Waals surface area contributed by atoms with E-state index in [-0.39, 0.29) is 29.4 Å². The van der Waals surface area contributed by atoms with Crippen LogP contribution in [0.3, 0.4) is 0 Å². The SMILES string of the molecule is CC(C)C(=O)N1CCN(C(=O)c2cn(C[C@@H]3CCCO3)cc3c(=O)n(-c4ccccc4)nc2-3)CC1. The quantitative estimate of drug-likeness (QED) is 0.562. The Kier molecular flexibility index (Phi) is 6.42. The Hall–Kier alpha value is -3.46. The van der Waals surface area contributed by atoms with Gasteiger partial charge in [0, 0.05) is 57.6 Å². The van der Waals surface area contributed by atoms with Crippen molar-refractivity contribution in [2.75, 3.05) is 32.8 Å². The fourth-order valence-electron chi connectivity index (χ4n) is 4.86. The number of ether oxygens (including phenoxy) is 1. The number of rotatable bonds is 5. The van der Waals surface area contributed by atoms with E-state index in [4.69, 9.17) is 4.74 Å². The molecule has 9 heteroatoms. The molecule has 1 aromatic rings. The van der Waals surface area contributed by atoms with Crippen molar-refractivity contribution in [3.05, 3.63) is 58.6 Å². The minimum absolute atomic E-state index is 0.0604. The number of carbonyl (C=O) groups is 2. The molecule has 0 aliphatic carbocycles. The van der Waals surface area contributed by atoms with Crippen molar-refractivity contribution in [2.45, 2.75) is 39.3 Å². The molecule has 4 aliphatic heterocycles. The number of amides is 2. The second-order valence-corrected chi connectivity index (χ2v) is 9.59. The van der Waals surface area contributed by atoms with Crippen molar-refractivity contribution in [1.82, 2.24) is 24.1 Å². The average molecular weight is 478 g/mol. The first-order valence-electron chi connectivity index (χ1n) is 12.3. The van der Waals surface area contributed by atoms with Gasteiger partial charge in [0.1, 0.15) is 5.69 Å². The Labute approximate surface area is 204 Å². The van der Waals surface area contributed by atoms with Gasteiger partial charge in [-0.15, -0.1) is 0 Å². The molecule has 2 fully saturated rings. The molecule has 5 rings (SSSR count). The van der Waals surface area contributed by atoms with Crippen LogP contribution in [0.5, 0.6) is 0 Å². The van der Waals surface area contributed by atoms with Crippen molar-refractivity contribution in [3.8, 4) is 16.9 Å². The zero-order valence-corrected chi connectivity index (χ0v) is 20.2. The molecule has 0 spiro atoms.